The number of ketones is 1. The average molecular weight is 1180 g/mol. The molecular formula is C60H79N9O12S2. The lowest BCUT2D eigenvalue weighted by atomic mass is 10.0. The number of fused-ring (bicyclic) bond motifs is 2. The monoisotopic (exact) mass is 1180 g/mol. The molecule has 6 heterocycles. The van der Waals surface area contributed by atoms with Gasteiger partial charge < -0.3 is 65.2 Å². The summed E-state index contributed by atoms with van der Waals surface area (Å²) in [6.07, 6.45) is 11.3. The molecule has 4 aliphatic heterocycles. The number of carbonyl (C=O) groups excluding carboxylic acids is 6. The standard InChI is InChI=1S/C60H79N9O12S2/c1-2-52(72)63-46-19-18-43(59(75)69-24-20-41(21-25-69)51-39-47-56(83-51)58(68-26-31-79-32-27-68)67-57(64-47)42-11-7-14-45(71)37-42)38-49(46)81-30-10-23-62-54(74)17-8-13-44(70)12-5-6-28-77-33-35-80-36-34-78-29-9-22-61-53(73)16-4-3-15-50-55-48(40-82-50)65-60(76)66-55/h2,7,11,14,18-20,37-39,48,50,55,71H,1,3-6,8-10,12-13,15-17,21-36,40H2,(H,61,73)(H,62,74)(H,63,72)(H2,65,66,76)/t48-,50-,55-/m1/s1. The Hall–Kier alpha value is -6.63. The van der Waals surface area contributed by atoms with Crippen LogP contribution >= 0.6 is 23.1 Å². The summed E-state index contributed by atoms with van der Waals surface area (Å²) < 4.78 is 29.5. The third kappa shape index (κ3) is 19.5. The number of Topliss-reactive ketones (excluding diaryl/α,β-unsaturated/α-hetero) is 1. The van der Waals surface area contributed by atoms with Gasteiger partial charge in [-0.3, -0.25) is 24.0 Å². The number of phenols is 1. The van der Waals surface area contributed by atoms with Crippen LogP contribution in [-0.4, -0.2) is 177 Å². The molecule has 3 fully saturated rings. The number of benzene rings is 2. The van der Waals surface area contributed by atoms with Crippen molar-refractivity contribution in [3.8, 4) is 22.9 Å². The van der Waals surface area contributed by atoms with Gasteiger partial charge in [-0.25, -0.2) is 14.8 Å². The number of thioether (sulfide) groups is 1. The minimum Gasteiger partial charge on any atom is -0.508 e. The first-order valence-electron chi connectivity index (χ1n) is 29.1. The molecule has 0 saturated carbocycles. The highest BCUT2D eigenvalue weighted by molar-refractivity contribution is 8.00. The van der Waals surface area contributed by atoms with E-state index in [2.05, 4.69) is 50.2 Å². The minimum absolute atomic E-state index is 0.0568. The fraction of sp³-hybridized carbons (Fsp3) is 0.533. The Kier molecular flexibility index (Phi) is 24.8. The number of phenolic OH excluding ortho intramolecular Hbond substituents is 1. The Morgan fingerprint density at radius 1 is 0.795 bits per heavy atom. The number of aromatic hydroxyl groups is 1. The Balaban J connectivity index is 0.645. The van der Waals surface area contributed by atoms with Crippen LogP contribution in [0.25, 0.3) is 27.2 Å². The number of aromatic nitrogens is 2. The number of amides is 6. The summed E-state index contributed by atoms with van der Waals surface area (Å²) >= 11 is 3.53. The fourth-order valence-corrected chi connectivity index (χ4v) is 12.9. The number of hydrogen-bond donors (Lipinski definition) is 6. The highest BCUT2D eigenvalue weighted by Gasteiger charge is 2.42. The van der Waals surface area contributed by atoms with Crippen molar-refractivity contribution in [3.05, 3.63) is 77.7 Å². The molecule has 83 heavy (non-hydrogen) atoms. The number of rotatable bonds is 35. The van der Waals surface area contributed by atoms with Gasteiger partial charge in [-0.05, 0) is 99.4 Å². The van der Waals surface area contributed by atoms with E-state index in [4.69, 9.17) is 33.7 Å². The summed E-state index contributed by atoms with van der Waals surface area (Å²) in [4.78, 5) is 90.0. The molecule has 3 saturated heterocycles. The van der Waals surface area contributed by atoms with E-state index < -0.39 is 5.91 Å². The van der Waals surface area contributed by atoms with E-state index in [-0.39, 0.29) is 60.4 Å². The van der Waals surface area contributed by atoms with E-state index in [0.29, 0.717) is 165 Å². The Morgan fingerprint density at radius 2 is 1.52 bits per heavy atom. The van der Waals surface area contributed by atoms with E-state index in [1.165, 1.54) is 0 Å². The third-order valence-electron chi connectivity index (χ3n) is 14.6. The summed E-state index contributed by atoms with van der Waals surface area (Å²) in [7, 11) is 0. The highest BCUT2D eigenvalue weighted by atomic mass is 32.2. The molecule has 21 nitrogen and oxygen atoms in total. The molecule has 6 amide bonds. The Bertz CT molecular complexity index is 2880. The fourth-order valence-electron chi connectivity index (χ4n) is 10.1. The van der Waals surface area contributed by atoms with Gasteiger partial charge in [0, 0.05) is 105 Å². The molecule has 0 unspecified atom stereocenters. The molecule has 8 rings (SSSR count). The first-order valence-corrected chi connectivity index (χ1v) is 31.0. The number of unbranched alkanes of at least 4 members (excludes halogenated alkanes) is 2. The normalized spacial score (nSPS) is 17.6. The molecular weight excluding hydrogens is 1100 g/mol. The van der Waals surface area contributed by atoms with Crippen molar-refractivity contribution in [1.82, 2.24) is 36.1 Å². The number of carbonyl (C=O) groups is 6. The zero-order valence-electron chi connectivity index (χ0n) is 47.3. The van der Waals surface area contributed by atoms with Gasteiger partial charge in [0.1, 0.15) is 17.3 Å². The van der Waals surface area contributed by atoms with Crippen molar-refractivity contribution >= 4 is 85.8 Å². The number of morpholine rings is 1. The van der Waals surface area contributed by atoms with Gasteiger partial charge in [0.15, 0.2) is 11.6 Å². The molecule has 4 aliphatic rings. The van der Waals surface area contributed by atoms with Crippen LogP contribution in [0.2, 0.25) is 0 Å². The van der Waals surface area contributed by atoms with E-state index in [1.807, 2.05) is 17.8 Å². The molecule has 3 atom stereocenters. The maximum atomic E-state index is 13.9. The molecule has 2 aromatic carbocycles. The number of ether oxygens (including phenoxy) is 5. The van der Waals surface area contributed by atoms with Crippen molar-refractivity contribution < 1.29 is 57.6 Å². The summed E-state index contributed by atoms with van der Waals surface area (Å²) in [6.45, 7) is 11.1. The van der Waals surface area contributed by atoms with Crippen molar-refractivity contribution in [2.75, 3.05) is 115 Å². The molecule has 23 heteroatoms. The van der Waals surface area contributed by atoms with Crippen LogP contribution in [-0.2, 0) is 38.1 Å². The summed E-state index contributed by atoms with van der Waals surface area (Å²) in [5, 5.41) is 25.2. The number of thiophene rings is 1. The first-order chi connectivity index (χ1) is 40.5. The van der Waals surface area contributed by atoms with Gasteiger partial charge in [0.25, 0.3) is 5.91 Å². The molecule has 0 spiro atoms. The second-order valence-electron chi connectivity index (χ2n) is 20.8. The largest absolute Gasteiger partial charge is 0.508 e. The lowest BCUT2D eigenvalue weighted by molar-refractivity contribution is -0.122. The molecule has 0 aliphatic carbocycles. The lowest BCUT2D eigenvalue weighted by Gasteiger charge is -2.28. The Morgan fingerprint density at radius 3 is 2.27 bits per heavy atom. The second kappa shape index (κ2) is 33.0. The van der Waals surface area contributed by atoms with Gasteiger partial charge in [0.05, 0.1) is 74.2 Å². The molecule has 6 N–H and O–H groups in total. The number of nitrogens with one attached hydrogen (secondary N) is 5. The highest BCUT2D eigenvalue weighted by Crippen LogP contribution is 2.39. The van der Waals surface area contributed by atoms with Crippen molar-refractivity contribution in [1.29, 1.82) is 0 Å². The molecule has 4 aromatic rings. The SMILES string of the molecule is C=CC(=O)Nc1ccc(C(=O)N2CC=C(c3cc4nc(-c5cccc(O)c5)nc(N5CCOCC5)c4s3)CC2)cc1OCCCNC(=O)CCCC(=O)CCCCOCCOCCOCCCNC(=O)CCCC[C@H]1SC[C@H]2NC(=O)N[C@H]21. The van der Waals surface area contributed by atoms with Crippen molar-refractivity contribution in [2.45, 2.75) is 101 Å². The van der Waals surface area contributed by atoms with Gasteiger partial charge in [-0.15, -0.1) is 11.3 Å². The predicted molar refractivity (Wildman–Crippen MR) is 321 cm³/mol. The van der Waals surface area contributed by atoms with E-state index in [9.17, 15) is 33.9 Å². The third-order valence-corrected chi connectivity index (χ3v) is 17.3. The smallest absolute Gasteiger partial charge is 0.315 e. The maximum absolute atomic E-state index is 13.9. The summed E-state index contributed by atoms with van der Waals surface area (Å²) in [5.41, 5.74) is 3.45. The van der Waals surface area contributed by atoms with Gasteiger partial charge in [-0.1, -0.05) is 31.2 Å². The predicted octanol–water partition coefficient (Wildman–Crippen LogP) is 7.03. The van der Waals surface area contributed by atoms with Gasteiger partial charge in [-0.2, -0.15) is 11.8 Å². The second-order valence-corrected chi connectivity index (χ2v) is 23.1. The lowest BCUT2D eigenvalue weighted by Crippen LogP contribution is -2.36. The van der Waals surface area contributed by atoms with Gasteiger partial charge in [0.2, 0.25) is 17.7 Å². The van der Waals surface area contributed by atoms with E-state index in [1.54, 1.807) is 52.6 Å². The minimum atomic E-state index is -0.427. The molecule has 0 radical (unpaired) electrons. The zero-order chi connectivity index (χ0) is 58.2. The van der Waals surface area contributed by atoms with Crippen LogP contribution in [0.3, 0.4) is 0 Å². The van der Waals surface area contributed by atoms with Crippen LogP contribution < -0.4 is 36.2 Å². The van der Waals surface area contributed by atoms with E-state index in [0.717, 1.165) is 76.0 Å². The van der Waals surface area contributed by atoms with Crippen LogP contribution in [0.4, 0.5) is 16.3 Å². The number of nitrogens with zero attached hydrogens (tertiary/aromatic N) is 4. The van der Waals surface area contributed by atoms with Gasteiger partial charge >= 0.3 is 6.03 Å². The molecule has 0 bridgehead atoms. The van der Waals surface area contributed by atoms with Crippen molar-refractivity contribution in [3.63, 3.8) is 0 Å². The van der Waals surface area contributed by atoms with Crippen LogP contribution in [0.15, 0.2) is 67.3 Å². The quantitative estimate of drug-likeness (QED) is 0.0153. The number of urea groups is 1. The first kappa shape index (κ1) is 62.4. The summed E-state index contributed by atoms with van der Waals surface area (Å²) in [6, 6.07) is 14.3. The van der Waals surface area contributed by atoms with E-state index >= 15 is 0 Å². The molecule has 448 valence electrons. The topological polar surface area (TPSA) is 261 Å². The molecule has 2 aromatic heterocycles. The number of anilines is 2. The van der Waals surface area contributed by atoms with Crippen LogP contribution in [0, 0.1) is 0 Å². The van der Waals surface area contributed by atoms with Crippen LogP contribution in [0.1, 0.15) is 98.7 Å². The average Bonchev–Trinajstić information content (AvgIpc) is 4.05. The van der Waals surface area contributed by atoms with Crippen LogP contribution in [0.5, 0.6) is 11.5 Å². The zero-order valence-corrected chi connectivity index (χ0v) is 48.9. The Labute approximate surface area is 493 Å². The summed E-state index contributed by atoms with van der Waals surface area (Å²) in [5.74, 6) is 2.19. The van der Waals surface area contributed by atoms with Crippen molar-refractivity contribution in [2.24, 2.45) is 0 Å². The maximum Gasteiger partial charge on any atom is 0.315 e. The number of hydrogen-bond acceptors (Lipinski definition) is 17.